The fraction of sp³-hybridized carbons (Fsp3) is 0.375. The van der Waals surface area contributed by atoms with Crippen LogP contribution >= 0.6 is 0 Å². The maximum atomic E-state index is 13.2. The Morgan fingerprint density at radius 3 is 2.31 bits per heavy atom. The molecule has 4 nitrogen and oxygen atoms in total. The fourth-order valence-electron chi connectivity index (χ4n) is 2.11. The highest BCUT2D eigenvalue weighted by Crippen LogP contribution is 2.34. The summed E-state index contributed by atoms with van der Waals surface area (Å²) in [7, 11) is 0. The highest BCUT2D eigenvalue weighted by Gasteiger charge is 2.41. The number of terminal acetylenes is 1. The molecule has 0 amide bonds. The molecule has 26 heavy (non-hydrogen) atoms. The number of nitrogens with zero attached hydrogens (tertiary/aromatic N) is 2. The van der Waals surface area contributed by atoms with E-state index in [-0.39, 0.29) is 0 Å². The molecule has 0 aliphatic heterocycles. The Hall–Kier alpha value is -2.54. The lowest BCUT2D eigenvalue weighted by Gasteiger charge is -2.19. The van der Waals surface area contributed by atoms with Crippen molar-refractivity contribution in [1.82, 2.24) is 14.7 Å². The zero-order chi connectivity index (χ0) is 19.9. The normalized spacial score (nSPS) is 13.0. The van der Waals surface area contributed by atoms with Crippen molar-refractivity contribution in [2.75, 3.05) is 6.54 Å². The molecule has 2 aromatic heterocycles. The van der Waals surface area contributed by atoms with Crippen LogP contribution in [0.2, 0.25) is 0 Å². The number of carbonyl (C=O) groups is 1. The molecular weight excluding hydrogens is 364 g/mol. The van der Waals surface area contributed by atoms with Gasteiger partial charge < -0.3 is 0 Å². The van der Waals surface area contributed by atoms with Gasteiger partial charge in [0.25, 0.3) is 0 Å². The predicted octanol–water partition coefficient (Wildman–Crippen LogP) is 3.56. The second-order valence-electron chi connectivity index (χ2n) is 6.00. The second-order valence-corrected chi connectivity index (χ2v) is 6.00. The van der Waals surface area contributed by atoms with Gasteiger partial charge in [-0.05, 0) is 26.0 Å². The number of carbonyl (C=O) groups excluding carboxylic acids is 1. The van der Waals surface area contributed by atoms with Crippen LogP contribution in [0.3, 0.4) is 0 Å². The first-order chi connectivity index (χ1) is 11.8. The summed E-state index contributed by atoms with van der Waals surface area (Å²) in [6.07, 6.45) is -4.17. The molecular formula is C16H13F6N3O. The number of halogens is 6. The Morgan fingerprint density at radius 2 is 1.81 bits per heavy atom. The summed E-state index contributed by atoms with van der Waals surface area (Å²) in [5.41, 5.74) is -5.17. The van der Waals surface area contributed by atoms with Gasteiger partial charge in [0.1, 0.15) is 11.3 Å². The lowest BCUT2D eigenvalue weighted by atomic mass is 10.1. The summed E-state index contributed by atoms with van der Waals surface area (Å²) >= 11 is 0. The number of pyridine rings is 1. The topological polar surface area (TPSA) is 46.4 Å². The van der Waals surface area contributed by atoms with Gasteiger partial charge >= 0.3 is 12.4 Å². The van der Waals surface area contributed by atoms with Crippen LogP contribution in [0.1, 0.15) is 35.6 Å². The zero-order valence-corrected chi connectivity index (χ0v) is 13.6. The van der Waals surface area contributed by atoms with E-state index in [0.29, 0.717) is 16.7 Å². The minimum atomic E-state index is -5.02. The van der Waals surface area contributed by atoms with Crippen LogP contribution in [-0.2, 0) is 12.4 Å². The molecule has 140 valence electrons. The molecule has 0 aromatic carbocycles. The van der Waals surface area contributed by atoms with Crippen LogP contribution in [0.25, 0.3) is 5.65 Å². The lowest BCUT2D eigenvalue weighted by molar-refractivity contribution is -0.141. The molecule has 1 N–H and O–H groups in total. The Bertz CT molecular complexity index is 886. The average Bonchev–Trinajstić information content (AvgIpc) is 2.90. The predicted molar refractivity (Wildman–Crippen MR) is 80.4 cm³/mol. The minimum Gasteiger partial charge on any atom is -0.296 e. The Kier molecular flexibility index (Phi) is 4.81. The molecule has 2 rings (SSSR count). The van der Waals surface area contributed by atoms with E-state index >= 15 is 0 Å². The van der Waals surface area contributed by atoms with Gasteiger partial charge in [0.05, 0.1) is 17.6 Å². The van der Waals surface area contributed by atoms with Crippen molar-refractivity contribution in [3.05, 3.63) is 35.3 Å². The number of aromatic nitrogens is 2. The van der Waals surface area contributed by atoms with Gasteiger partial charge in [0, 0.05) is 6.20 Å². The van der Waals surface area contributed by atoms with Crippen LogP contribution < -0.4 is 5.32 Å². The number of fused-ring (bicyclic) bond motifs is 1. The molecule has 0 unspecified atom stereocenters. The van der Waals surface area contributed by atoms with Crippen molar-refractivity contribution in [2.45, 2.75) is 31.7 Å². The largest absolute Gasteiger partial charge is 0.435 e. The molecule has 0 spiro atoms. The van der Waals surface area contributed by atoms with Crippen molar-refractivity contribution in [1.29, 1.82) is 0 Å². The van der Waals surface area contributed by atoms with E-state index in [9.17, 15) is 31.1 Å². The Morgan fingerprint density at radius 1 is 1.19 bits per heavy atom. The molecule has 2 heterocycles. The SMILES string of the molecule is C#CC(C)(C)NCC(=O)c1c(C(F)(F)F)nc2ccc(C(F)(F)F)cn12. The zero-order valence-electron chi connectivity index (χ0n) is 13.6. The highest BCUT2D eigenvalue weighted by atomic mass is 19.4. The van der Waals surface area contributed by atoms with Crippen molar-refractivity contribution in [3.63, 3.8) is 0 Å². The first kappa shape index (κ1) is 19.8. The van der Waals surface area contributed by atoms with E-state index < -0.39 is 52.8 Å². The van der Waals surface area contributed by atoms with Gasteiger partial charge in [-0.1, -0.05) is 5.92 Å². The third-order valence-electron chi connectivity index (χ3n) is 3.53. The molecule has 0 radical (unpaired) electrons. The van der Waals surface area contributed by atoms with Crippen LogP contribution in [0.5, 0.6) is 0 Å². The number of rotatable bonds is 4. The Labute approximate surface area is 144 Å². The Balaban J connectivity index is 2.60. The lowest BCUT2D eigenvalue weighted by Crippen LogP contribution is -2.41. The van der Waals surface area contributed by atoms with E-state index in [1.54, 1.807) is 0 Å². The van der Waals surface area contributed by atoms with Gasteiger partial charge in [-0.2, -0.15) is 26.3 Å². The summed E-state index contributed by atoms with van der Waals surface area (Å²) in [5.74, 6) is 1.21. The number of nitrogens with one attached hydrogen (secondary N) is 1. The van der Waals surface area contributed by atoms with E-state index in [0.717, 1.165) is 6.07 Å². The number of hydrogen-bond donors (Lipinski definition) is 1. The standard InChI is InChI=1S/C16H13F6N3O/c1-4-14(2,3)23-7-10(26)12-13(16(20,21)22)24-11-6-5-9(8-25(11)12)15(17,18)19/h1,5-6,8,23H,7H2,2-3H3. The van der Waals surface area contributed by atoms with E-state index in [4.69, 9.17) is 6.42 Å². The number of hydrogen-bond acceptors (Lipinski definition) is 3. The number of alkyl halides is 6. The highest BCUT2D eigenvalue weighted by molar-refractivity contribution is 5.98. The number of Topliss-reactive ketones (excluding diaryl/α,β-unsaturated/α-hetero) is 1. The van der Waals surface area contributed by atoms with Gasteiger partial charge in [-0.25, -0.2) is 4.98 Å². The first-order valence-electron chi connectivity index (χ1n) is 7.19. The number of imidazole rings is 1. The fourth-order valence-corrected chi connectivity index (χ4v) is 2.11. The van der Waals surface area contributed by atoms with Crippen molar-refractivity contribution in [3.8, 4) is 12.3 Å². The van der Waals surface area contributed by atoms with Gasteiger partial charge in [0.2, 0.25) is 0 Å². The number of ketones is 1. The van der Waals surface area contributed by atoms with Crippen molar-refractivity contribution in [2.24, 2.45) is 0 Å². The monoisotopic (exact) mass is 377 g/mol. The maximum Gasteiger partial charge on any atom is 0.435 e. The first-order valence-corrected chi connectivity index (χ1v) is 7.19. The summed E-state index contributed by atoms with van der Waals surface area (Å²) in [5, 5.41) is 2.57. The maximum absolute atomic E-state index is 13.2. The molecule has 0 aliphatic rings. The molecule has 0 atom stereocenters. The smallest absolute Gasteiger partial charge is 0.296 e. The van der Waals surface area contributed by atoms with Crippen LogP contribution in [-0.4, -0.2) is 27.3 Å². The molecule has 2 aromatic rings. The molecule has 0 saturated carbocycles. The van der Waals surface area contributed by atoms with E-state index in [1.165, 1.54) is 13.8 Å². The van der Waals surface area contributed by atoms with Crippen LogP contribution in [0.15, 0.2) is 18.3 Å². The van der Waals surface area contributed by atoms with Crippen LogP contribution in [0.4, 0.5) is 26.3 Å². The summed E-state index contributed by atoms with van der Waals surface area (Å²) in [6, 6.07) is 1.37. The van der Waals surface area contributed by atoms with Gasteiger partial charge in [-0.15, -0.1) is 6.42 Å². The molecule has 0 saturated heterocycles. The second kappa shape index (κ2) is 6.32. The molecule has 0 bridgehead atoms. The minimum absolute atomic E-state index is 0.414. The quantitative estimate of drug-likeness (QED) is 0.504. The third kappa shape index (κ3) is 3.99. The summed E-state index contributed by atoms with van der Waals surface area (Å²) < 4.78 is 78.7. The summed E-state index contributed by atoms with van der Waals surface area (Å²) in [6.45, 7) is 2.42. The molecule has 0 aliphatic carbocycles. The summed E-state index contributed by atoms with van der Waals surface area (Å²) in [4.78, 5) is 15.6. The average molecular weight is 377 g/mol. The third-order valence-corrected chi connectivity index (χ3v) is 3.53. The van der Waals surface area contributed by atoms with Gasteiger partial charge in [-0.3, -0.25) is 14.5 Å². The van der Waals surface area contributed by atoms with Crippen molar-refractivity contribution >= 4 is 11.4 Å². The van der Waals surface area contributed by atoms with E-state index in [1.807, 2.05) is 0 Å². The van der Waals surface area contributed by atoms with E-state index in [2.05, 4.69) is 16.2 Å². The van der Waals surface area contributed by atoms with Crippen LogP contribution in [0, 0.1) is 12.3 Å². The molecule has 10 heteroatoms. The van der Waals surface area contributed by atoms with Crippen molar-refractivity contribution < 1.29 is 31.1 Å². The molecule has 0 fully saturated rings. The van der Waals surface area contributed by atoms with Gasteiger partial charge in [0.15, 0.2) is 11.5 Å².